The van der Waals surface area contributed by atoms with Gasteiger partial charge < -0.3 is 20.5 Å². The van der Waals surface area contributed by atoms with Crippen LogP contribution in [-0.4, -0.2) is 42.9 Å². The lowest BCUT2D eigenvalue weighted by atomic mass is 9.94. The topological polar surface area (TPSA) is 70.6 Å². The molecule has 0 spiro atoms. The van der Waals surface area contributed by atoms with Crippen LogP contribution >= 0.6 is 11.6 Å². The number of aliphatic hydroxyl groups is 1. The van der Waals surface area contributed by atoms with Gasteiger partial charge in [-0.25, -0.2) is 0 Å². The third-order valence-electron chi connectivity index (χ3n) is 3.59. The molecule has 2 rings (SSSR count). The molecule has 116 valence electrons. The van der Waals surface area contributed by atoms with Crippen molar-refractivity contribution in [1.29, 1.82) is 0 Å². The molecule has 1 aromatic carbocycles. The van der Waals surface area contributed by atoms with E-state index in [-0.39, 0.29) is 18.6 Å². The summed E-state index contributed by atoms with van der Waals surface area (Å²) in [5, 5.41) is 15.7. The second kappa shape index (κ2) is 6.75. The van der Waals surface area contributed by atoms with Crippen molar-refractivity contribution in [1.82, 2.24) is 10.6 Å². The highest BCUT2D eigenvalue weighted by Crippen LogP contribution is 2.27. The number of morpholine rings is 1. The molecule has 1 aliphatic heterocycles. The van der Waals surface area contributed by atoms with Crippen molar-refractivity contribution in [3.8, 4) is 0 Å². The number of halogens is 1. The summed E-state index contributed by atoms with van der Waals surface area (Å²) in [6.07, 6.45) is -0.561. The molecule has 1 aliphatic rings. The van der Waals surface area contributed by atoms with Gasteiger partial charge in [0, 0.05) is 11.6 Å². The summed E-state index contributed by atoms with van der Waals surface area (Å²) >= 11 is 6.19. The minimum absolute atomic E-state index is 0.000540. The third kappa shape index (κ3) is 3.95. The highest BCUT2D eigenvalue weighted by molar-refractivity contribution is 6.31. The second-order valence-corrected chi connectivity index (χ2v) is 6.11. The third-order valence-corrected chi connectivity index (χ3v) is 3.92. The fourth-order valence-corrected chi connectivity index (χ4v) is 2.71. The number of carbonyl (C=O) groups excluding carboxylic acids is 1. The van der Waals surface area contributed by atoms with E-state index in [0.29, 0.717) is 18.2 Å². The lowest BCUT2D eigenvalue weighted by Gasteiger charge is -2.33. The van der Waals surface area contributed by atoms with E-state index in [1.807, 2.05) is 32.0 Å². The number of rotatable bonds is 4. The molecule has 0 saturated carbocycles. The van der Waals surface area contributed by atoms with Gasteiger partial charge in [-0.3, -0.25) is 4.79 Å². The van der Waals surface area contributed by atoms with Crippen LogP contribution in [0.2, 0.25) is 5.02 Å². The monoisotopic (exact) mass is 312 g/mol. The van der Waals surface area contributed by atoms with Crippen LogP contribution in [0.4, 0.5) is 0 Å². The number of aliphatic hydroxyl groups excluding tert-OH is 1. The minimum Gasteiger partial charge on any atom is -0.395 e. The van der Waals surface area contributed by atoms with Crippen LogP contribution in [0, 0.1) is 0 Å². The van der Waals surface area contributed by atoms with Crippen molar-refractivity contribution < 1.29 is 14.6 Å². The number of amides is 1. The molecule has 6 heteroatoms. The highest BCUT2D eigenvalue weighted by atomic mass is 35.5. The zero-order valence-corrected chi connectivity index (χ0v) is 13.0. The molecule has 2 atom stereocenters. The van der Waals surface area contributed by atoms with Crippen molar-refractivity contribution in [3.63, 3.8) is 0 Å². The molecule has 1 fully saturated rings. The van der Waals surface area contributed by atoms with Gasteiger partial charge in [0.15, 0.2) is 0 Å². The van der Waals surface area contributed by atoms with Gasteiger partial charge in [0.05, 0.1) is 24.8 Å². The molecule has 1 heterocycles. The first-order valence-electron chi connectivity index (χ1n) is 6.97. The zero-order valence-electron chi connectivity index (χ0n) is 12.2. The van der Waals surface area contributed by atoms with E-state index in [1.54, 1.807) is 6.07 Å². The molecular formula is C15H21ClN2O3. The van der Waals surface area contributed by atoms with Crippen molar-refractivity contribution in [3.05, 3.63) is 34.9 Å². The molecule has 0 bridgehead atoms. The maximum atomic E-state index is 12.3. The Morgan fingerprint density at radius 1 is 1.52 bits per heavy atom. The zero-order chi connectivity index (χ0) is 15.5. The summed E-state index contributed by atoms with van der Waals surface area (Å²) in [4.78, 5) is 12.3. The Bertz CT molecular complexity index is 499. The number of hydrogen-bond acceptors (Lipinski definition) is 4. The maximum Gasteiger partial charge on any atom is 0.251 e. The Morgan fingerprint density at radius 3 is 2.81 bits per heavy atom. The molecule has 0 radical (unpaired) electrons. The standard InChI is InChI=1S/C15H21ClN2O3/c1-15(2,11-5-3-4-6-12(11)16)18-14(20)13-7-17-10(8-19)9-21-13/h3-6,10,13,17,19H,7-9H2,1-2H3,(H,18,20)/t10-,13+/m1/s1. The maximum absolute atomic E-state index is 12.3. The Hall–Kier alpha value is -1.14. The normalized spacial score (nSPS) is 22.9. The Balaban J connectivity index is 2.00. The van der Waals surface area contributed by atoms with Crippen molar-refractivity contribution in [2.75, 3.05) is 19.8 Å². The quantitative estimate of drug-likeness (QED) is 0.777. The van der Waals surface area contributed by atoms with Crippen molar-refractivity contribution >= 4 is 17.5 Å². The molecule has 1 amide bonds. The van der Waals surface area contributed by atoms with Crippen LogP contribution in [0.5, 0.6) is 0 Å². The fraction of sp³-hybridized carbons (Fsp3) is 0.533. The summed E-state index contributed by atoms with van der Waals surface area (Å²) < 4.78 is 5.49. The first-order chi connectivity index (χ1) is 9.94. The van der Waals surface area contributed by atoms with E-state index in [1.165, 1.54) is 0 Å². The average molecular weight is 313 g/mol. The molecular weight excluding hydrogens is 292 g/mol. The largest absolute Gasteiger partial charge is 0.395 e. The molecule has 0 aliphatic carbocycles. The van der Waals surface area contributed by atoms with Gasteiger partial charge in [-0.05, 0) is 25.5 Å². The summed E-state index contributed by atoms with van der Waals surface area (Å²) in [6, 6.07) is 7.33. The van der Waals surface area contributed by atoms with Gasteiger partial charge in [-0.1, -0.05) is 29.8 Å². The van der Waals surface area contributed by atoms with E-state index in [0.717, 1.165) is 5.56 Å². The van der Waals surface area contributed by atoms with Gasteiger partial charge in [0.2, 0.25) is 0 Å². The summed E-state index contributed by atoms with van der Waals surface area (Å²) in [5.41, 5.74) is 0.268. The number of ether oxygens (including phenoxy) is 1. The van der Waals surface area contributed by atoms with Crippen LogP contribution in [0.25, 0.3) is 0 Å². The fourth-order valence-electron chi connectivity index (χ4n) is 2.33. The van der Waals surface area contributed by atoms with Gasteiger partial charge in [0.1, 0.15) is 6.10 Å². The summed E-state index contributed by atoms with van der Waals surface area (Å²) in [5.74, 6) is -0.191. The second-order valence-electron chi connectivity index (χ2n) is 5.70. The van der Waals surface area contributed by atoms with Crippen LogP contribution < -0.4 is 10.6 Å². The van der Waals surface area contributed by atoms with E-state index in [9.17, 15) is 4.79 Å². The van der Waals surface area contributed by atoms with Crippen molar-refractivity contribution in [2.24, 2.45) is 0 Å². The first kappa shape index (κ1) is 16.2. The molecule has 5 nitrogen and oxygen atoms in total. The predicted molar refractivity (Wildman–Crippen MR) is 81.2 cm³/mol. The van der Waals surface area contributed by atoms with Gasteiger partial charge in [0.25, 0.3) is 5.91 Å². The number of hydrogen-bond donors (Lipinski definition) is 3. The lowest BCUT2D eigenvalue weighted by molar-refractivity contribution is -0.137. The molecule has 3 N–H and O–H groups in total. The van der Waals surface area contributed by atoms with Gasteiger partial charge in [-0.15, -0.1) is 0 Å². The molecule has 1 aromatic rings. The minimum atomic E-state index is -0.591. The van der Waals surface area contributed by atoms with Crippen LogP contribution in [0.15, 0.2) is 24.3 Å². The Kier molecular flexibility index (Phi) is 5.22. The van der Waals surface area contributed by atoms with Crippen molar-refractivity contribution in [2.45, 2.75) is 31.5 Å². The van der Waals surface area contributed by atoms with Crippen LogP contribution in [-0.2, 0) is 15.1 Å². The average Bonchev–Trinajstić information content (AvgIpc) is 2.47. The summed E-state index contributed by atoms with van der Waals surface area (Å²) in [6.45, 7) is 4.51. The molecule has 0 unspecified atom stereocenters. The highest BCUT2D eigenvalue weighted by Gasteiger charge is 2.31. The Labute approximate surface area is 129 Å². The van der Waals surface area contributed by atoms with E-state index in [2.05, 4.69) is 10.6 Å². The smallest absolute Gasteiger partial charge is 0.251 e. The van der Waals surface area contributed by atoms with E-state index < -0.39 is 11.6 Å². The van der Waals surface area contributed by atoms with Gasteiger partial charge >= 0.3 is 0 Å². The van der Waals surface area contributed by atoms with E-state index >= 15 is 0 Å². The molecule has 0 aromatic heterocycles. The Morgan fingerprint density at radius 2 is 2.24 bits per heavy atom. The number of benzene rings is 1. The van der Waals surface area contributed by atoms with Gasteiger partial charge in [-0.2, -0.15) is 0 Å². The summed E-state index contributed by atoms with van der Waals surface area (Å²) in [7, 11) is 0. The lowest BCUT2D eigenvalue weighted by Crippen LogP contribution is -2.56. The van der Waals surface area contributed by atoms with Crippen LogP contribution in [0.3, 0.4) is 0 Å². The predicted octanol–water partition coefficient (Wildman–Crippen LogP) is 1.04. The number of nitrogens with one attached hydrogen (secondary N) is 2. The van der Waals surface area contributed by atoms with E-state index in [4.69, 9.17) is 21.4 Å². The SMILES string of the molecule is CC(C)(NC(=O)[C@@H]1CN[C@H](CO)CO1)c1ccccc1Cl. The first-order valence-corrected chi connectivity index (χ1v) is 7.34. The number of carbonyl (C=O) groups is 1. The van der Waals surface area contributed by atoms with Crippen LogP contribution in [0.1, 0.15) is 19.4 Å². The molecule has 1 saturated heterocycles. The molecule has 21 heavy (non-hydrogen) atoms.